The minimum Gasteiger partial charge on any atom is -0.357 e. The second kappa shape index (κ2) is 5.64. The van der Waals surface area contributed by atoms with E-state index >= 15 is 0 Å². The Morgan fingerprint density at radius 2 is 1.95 bits per heavy atom. The van der Waals surface area contributed by atoms with Gasteiger partial charge in [-0.3, -0.25) is 0 Å². The standard InChI is InChI=1S/C14H22N6/c1-15-14-18-12-11(16-9-17-12)13(19-14)20(2)10-7-5-3-4-6-8-10/h9-10H,3-8H2,1-2H3,(H2,15,16,17,18,19). The van der Waals surface area contributed by atoms with Gasteiger partial charge >= 0.3 is 0 Å². The summed E-state index contributed by atoms with van der Waals surface area (Å²) in [6, 6.07) is 0.559. The van der Waals surface area contributed by atoms with Crippen LogP contribution >= 0.6 is 0 Å². The van der Waals surface area contributed by atoms with Crippen molar-refractivity contribution in [3.8, 4) is 0 Å². The number of fused-ring (bicyclic) bond motifs is 1. The smallest absolute Gasteiger partial charge is 0.226 e. The van der Waals surface area contributed by atoms with Crippen molar-refractivity contribution in [2.24, 2.45) is 0 Å². The highest BCUT2D eigenvalue weighted by atomic mass is 15.2. The third kappa shape index (κ3) is 2.42. The third-order valence-corrected chi connectivity index (χ3v) is 4.20. The summed E-state index contributed by atoms with van der Waals surface area (Å²) in [4.78, 5) is 18.7. The van der Waals surface area contributed by atoms with Crippen molar-refractivity contribution in [1.82, 2.24) is 19.9 Å². The van der Waals surface area contributed by atoms with E-state index in [1.165, 1.54) is 38.5 Å². The van der Waals surface area contributed by atoms with Crippen LogP contribution in [0.5, 0.6) is 0 Å². The van der Waals surface area contributed by atoms with E-state index in [-0.39, 0.29) is 0 Å². The molecule has 1 aliphatic rings. The van der Waals surface area contributed by atoms with Crippen molar-refractivity contribution in [2.75, 3.05) is 24.3 Å². The van der Waals surface area contributed by atoms with E-state index in [0.717, 1.165) is 17.0 Å². The quantitative estimate of drug-likeness (QED) is 0.842. The van der Waals surface area contributed by atoms with E-state index in [9.17, 15) is 0 Å². The van der Waals surface area contributed by atoms with Crippen molar-refractivity contribution in [3.63, 3.8) is 0 Å². The Morgan fingerprint density at radius 3 is 2.65 bits per heavy atom. The van der Waals surface area contributed by atoms with Crippen molar-refractivity contribution in [1.29, 1.82) is 0 Å². The van der Waals surface area contributed by atoms with Gasteiger partial charge in [0.25, 0.3) is 0 Å². The molecule has 3 rings (SSSR count). The molecule has 0 aliphatic heterocycles. The maximum atomic E-state index is 4.63. The van der Waals surface area contributed by atoms with Gasteiger partial charge in [-0.1, -0.05) is 25.7 Å². The molecule has 0 atom stereocenters. The van der Waals surface area contributed by atoms with Crippen LogP contribution in [0.3, 0.4) is 0 Å². The van der Waals surface area contributed by atoms with Gasteiger partial charge in [-0.15, -0.1) is 0 Å². The van der Waals surface area contributed by atoms with E-state index in [1.807, 2.05) is 7.05 Å². The number of imidazole rings is 1. The highest BCUT2D eigenvalue weighted by Gasteiger charge is 2.21. The first-order chi connectivity index (χ1) is 9.79. The minimum atomic E-state index is 0.559. The van der Waals surface area contributed by atoms with Crippen LogP contribution in [0.2, 0.25) is 0 Å². The average molecular weight is 274 g/mol. The summed E-state index contributed by atoms with van der Waals surface area (Å²) in [6.07, 6.45) is 9.50. The Morgan fingerprint density at radius 1 is 1.20 bits per heavy atom. The molecule has 0 bridgehead atoms. The van der Waals surface area contributed by atoms with Gasteiger partial charge in [0, 0.05) is 20.1 Å². The molecule has 108 valence electrons. The molecule has 2 heterocycles. The number of hydrogen-bond acceptors (Lipinski definition) is 5. The maximum absolute atomic E-state index is 4.63. The van der Waals surface area contributed by atoms with Crippen molar-refractivity contribution >= 4 is 22.9 Å². The van der Waals surface area contributed by atoms with Gasteiger partial charge in [0.15, 0.2) is 11.5 Å². The number of nitrogens with zero attached hydrogens (tertiary/aromatic N) is 4. The van der Waals surface area contributed by atoms with Gasteiger partial charge in [-0.25, -0.2) is 4.98 Å². The fraction of sp³-hybridized carbons (Fsp3) is 0.643. The van der Waals surface area contributed by atoms with Crippen molar-refractivity contribution in [3.05, 3.63) is 6.33 Å². The first-order valence-corrected chi connectivity index (χ1v) is 7.41. The zero-order valence-corrected chi connectivity index (χ0v) is 12.2. The number of nitrogens with one attached hydrogen (secondary N) is 2. The van der Waals surface area contributed by atoms with Gasteiger partial charge in [-0.05, 0) is 12.8 Å². The average Bonchev–Trinajstić information content (AvgIpc) is 2.78. The molecule has 6 heteroatoms. The van der Waals surface area contributed by atoms with Crippen LogP contribution < -0.4 is 10.2 Å². The zero-order valence-electron chi connectivity index (χ0n) is 12.2. The lowest BCUT2D eigenvalue weighted by molar-refractivity contribution is 0.550. The van der Waals surface area contributed by atoms with Crippen LogP contribution in [0.1, 0.15) is 38.5 Å². The van der Waals surface area contributed by atoms with Crippen LogP contribution in [0.25, 0.3) is 11.2 Å². The first kappa shape index (κ1) is 13.1. The van der Waals surface area contributed by atoms with E-state index in [1.54, 1.807) is 6.33 Å². The van der Waals surface area contributed by atoms with Crippen LogP contribution in [0.15, 0.2) is 6.33 Å². The van der Waals surface area contributed by atoms with Crippen LogP contribution in [-0.4, -0.2) is 40.1 Å². The van der Waals surface area contributed by atoms with E-state index in [0.29, 0.717) is 12.0 Å². The van der Waals surface area contributed by atoms with E-state index in [2.05, 4.69) is 37.2 Å². The Bertz CT molecular complexity index is 570. The van der Waals surface area contributed by atoms with E-state index in [4.69, 9.17) is 0 Å². The number of hydrogen-bond donors (Lipinski definition) is 2. The highest BCUT2D eigenvalue weighted by molar-refractivity contribution is 5.84. The van der Waals surface area contributed by atoms with Gasteiger partial charge in [0.2, 0.25) is 5.95 Å². The largest absolute Gasteiger partial charge is 0.357 e. The first-order valence-electron chi connectivity index (χ1n) is 7.41. The zero-order chi connectivity index (χ0) is 13.9. The monoisotopic (exact) mass is 274 g/mol. The number of rotatable bonds is 3. The molecule has 0 saturated heterocycles. The Labute approximate surface area is 119 Å². The second-order valence-corrected chi connectivity index (χ2v) is 5.48. The molecular formula is C14H22N6. The van der Waals surface area contributed by atoms with Crippen molar-refractivity contribution < 1.29 is 0 Å². The number of H-pyrrole nitrogens is 1. The van der Waals surface area contributed by atoms with Gasteiger partial charge in [0.05, 0.1) is 6.33 Å². The second-order valence-electron chi connectivity index (χ2n) is 5.48. The normalized spacial score (nSPS) is 17.1. The van der Waals surface area contributed by atoms with Crippen LogP contribution in [0, 0.1) is 0 Å². The molecule has 6 nitrogen and oxygen atoms in total. The summed E-state index contributed by atoms with van der Waals surface area (Å²) >= 11 is 0. The van der Waals surface area contributed by atoms with E-state index < -0.39 is 0 Å². The molecule has 2 aromatic heterocycles. The molecule has 0 unspecified atom stereocenters. The summed E-state index contributed by atoms with van der Waals surface area (Å²) < 4.78 is 0. The predicted octanol–water partition coefficient (Wildman–Crippen LogP) is 2.55. The number of aromatic nitrogens is 4. The lowest BCUT2D eigenvalue weighted by Gasteiger charge is -2.28. The molecular weight excluding hydrogens is 252 g/mol. The minimum absolute atomic E-state index is 0.559. The van der Waals surface area contributed by atoms with Crippen LogP contribution in [-0.2, 0) is 0 Å². The third-order valence-electron chi connectivity index (χ3n) is 4.20. The molecule has 0 aromatic carbocycles. The molecule has 1 fully saturated rings. The molecule has 0 amide bonds. The Hall–Kier alpha value is -1.85. The molecule has 0 radical (unpaired) electrons. The number of anilines is 2. The maximum Gasteiger partial charge on any atom is 0.226 e. The molecule has 2 N–H and O–H groups in total. The molecule has 2 aromatic rings. The van der Waals surface area contributed by atoms with Gasteiger partial charge in [0.1, 0.15) is 5.52 Å². The SMILES string of the molecule is CNc1nc(N(C)C2CCCCCC2)c2[nH]cnc2n1. The Balaban J connectivity index is 1.96. The van der Waals surface area contributed by atoms with Gasteiger partial charge in [-0.2, -0.15) is 9.97 Å². The summed E-state index contributed by atoms with van der Waals surface area (Å²) in [7, 11) is 3.97. The lowest BCUT2D eigenvalue weighted by atomic mass is 10.1. The summed E-state index contributed by atoms with van der Waals surface area (Å²) in [5.41, 5.74) is 1.65. The molecule has 1 saturated carbocycles. The predicted molar refractivity (Wildman–Crippen MR) is 81.1 cm³/mol. The fourth-order valence-corrected chi connectivity index (χ4v) is 3.00. The summed E-state index contributed by atoms with van der Waals surface area (Å²) in [6.45, 7) is 0. The fourth-order valence-electron chi connectivity index (χ4n) is 3.00. The molecule has 1 aliphatic carbocycles. The Kier molecular flexibility index (Phi) is 3.71. The van der Waals surface area contributed by atoms with Crippen molar-refractivity contribution in [2.45, 2.75) is 44.6 Å². The van der Waals surface area contributed by atoms with Gasteiger partial charge < -0.3 is 15.2 Å². The summed E-state index contributed by atoms with van der Waals surface area (Å²) in [5, 5.41) is 3.02. The highest BCUT2D eigenvalue weighted by Crippen LogP contribution is 2.28. The van der Waals surface area contributed by atoms with Crippen LogP contribution in [0.4, 0.5) is 11.8 Å². The molecule has 0 spiro atoms. The molecule has 20 heavy (non-hydrogen) atoms. The lowest BCUT2D eigenvalue weighted by Crippen LogP contribution is -2.32. The summed E-state index contributed by atoms with van der Waals surface area (Å²) in [5.74, 6) is 1.57. The topological polar surface area (TPSA) is 69.7 Å². The number of aromatic amines is 1.